The number of hydrogen-bond acceptors (Lipinski definition) is 3. The molecular weight excluding hydrogens is 311 g/mol. The predicted octanol–water partition coefficient (Wildman–Crippen LogP) is 2.23. The highest BCUT2D eigenvalue weighted by Crippen LogP contribution is 2.26. The molecule has 1 aromatic rings. The molecule has 0 bridgehead atoms. The van der Waals surface area contributed by atoms with Gasteiger partial charge in [-0.15, -0.1) is 12.4 Å². The van der Waals surface area contributed by atoms with Crippen LogP contribution in [0.5, 0.6) is 5.75 Å². The van der Waals surface area contributed by atoms with E-state index in [4.69, 9.17) is 27.9 Å². The van der Waals surface area contributed by atoms with Crippen molar-refractivity contribution in [3.8, 4) is 5.75 Å². The number of nitrogens with one attached hydrogen (secondary N) is 1. The number of rotatable bonds is 3. The number of benzene rings is 1. The number of piperazine rings is 1. The Bertz CT molecular complexity index is 437. The summed E-state index contributed by atoms with van der Waals surface area (Å²) in [6.07, 6.45) is 0. The van der Waals surface area contributed by atoms with Gasteiger partial charge in [-0.05, 0) is 12.1 Å². The van der Waals surface area contributed by atoms with Crippen LogP contribution in [0.15, 0.2) is 18.2 Å². The molecule has 0 radical (unpaired) electrons. The molecule has 0 atom stereocenters. The lowest BCUT2D eigenvalue weighted by molar-refractivity contribution is -0.133. The summed E-state index contributed by atoms with van der Waals surface area (Å²) in [6.45, 7) is 3.14. The largest absolute Gasteiger partial charge is 0.484 e. The minimum absolute atomic E-state index is 0. The second-order valence-electron chi connectivity index (χ2n) is 4.00. The van der Waals surface area contributed by atoms with E-state index in [1.807, 2.05) is 0 Å². The smallest absolute Gasteiger partial charge is 0.260 e. The fourth-order valence-electron chi connectivity index (χ4n) is 1.72. The van der Waals surface area contributed by atoms with Gasteiger partial charge in [-0.2, -0.15) is 0 Å². The Kier molecular flexibility index (Phi) is 6.72. The van der Waals surface area contributed by atoms with Gasteiger partial charge < -0.3 is 15.0 Å². The van der Waals surface area contributed by atoms with E-state index in [9.17, 15) is 4.79 Å². The van der Waals surface area contributed by atoms with Crippen molar-refractivity contribution < 1.29 is 9.53 Å². The third-order valence-electron chi connectivity index (χ3n) is 2.72. The van der Waals surface area contributed by atoms with Crippen LogP contribution in [-0.2, 0) is 4.79 Å². The average molecular weight is 326 g/mol. The zero-order valence-corrected chi connectivity index (χ0v) is 12.5. The van der Waals surface area contributed by atoms with Crippen molar-refractivity contribution in [3.05, 3.63) is 28.2 Å². The molecule has 4 nitrogen and oxygen atoms in total. The van der Waals surface area contributed by atoms with Crippen LogP contribution in [-0.4, -0.2) is 43.6 Å². The summed E-state index contributed by atoms with van der Waals surface area (Å²) < 4.78 is 5.40. The highest BCUT2D eigenvalue weighted by Gasteiger charge is 2.16. The Labute approximate surface area is 128 Å². The van der Waals surface area contributed by atoms with Crippen LogP contribution < -0.4 is 10.1 Å². The molecule has 0 saturated carbocycles. The van der Waals surface area contributed by atoms with Crippen LogP contribution >= 0.6 is 35.6 Å². The van der Waals surface area contributed by atoms with Crippen LogP contribution in [0, 0.1) is 0 Å². The van der Waals surface area contributed by atoms with E-state index in [0.29, 0.717) is 15.8 Å². The summed E-state index contributed by atoms with van der Waals surface area (Å²) in [6, 6.07) is 4.95. The molecule has 1 fully saturated rings. The molecule has 106 valence electrons. The number of carbonyl (C=O) groups is 1. The first-order valence-electron chi connectivity index (χ1n) is 5.73. The Hall–Kier alpha value is -0.680. The van der Waals surface area contributed by atoms with Crippen molar-refractivity contribution in [3.63, 3.8) is 0 Å². The first-order valence-corrected chi connectivity index (χ1v) is 6.49. The number of carbonyl (C=O) groups excluding carboxylic acids is 1. The molecule has 0 aromatic heterocycles. The van der Waals surface area contributed by atoms with Crippen molar-refractivity contribution in [2.75, 3.05) is 32.8 Å². The van der Waals surface area contributed by atoms with Crippen LogP contribution in [0.25, 0.3) is 0 Å². The van der Waals surface area contributed by atoms with Crippen molar-refractivity contribution in [1.29, 1.82) is 0 Å². The first-order chi connectivity index (χ1) is 8.66. The van der Waals surface area contributed by atoms with Crippen LogP contribution in [0.3, 0.4) is 0 Å². The lowest BCUT2D eigenvalue weighted by Crippen LogP contribution is -2.47. The van der Waals surface area contributed by atoms with Gasteiger partial charge in [-0.25, -0.2) is 0 Å². The van der Waals surface area contributed by atoms with E-state index in [-0.39, 0.29) is 24.9 Å². The highest BCUT2D eigenvalue weighted by atomic mass is 35.5. The number of ether oxygens (including phenoxy) is 1. The molecule has 19 heavy (non-hydrogen) atoms. The van der Waals surface area contributed by atoms with E-state index < -0.39 is 0 Å². The molecular formula is C12H15Cl3N2O2. The summed E-state index contributed by atoms with van der Waals surface area (Å²) in [5.41, 5.74) is 0. The quantitative estimate of drug-likeness (QED) is 0.926. The second-order valence-corrected chi connectivity index (χ2v) is 4.81. The minimum atomic E-state index is -0.0115. The maximum atomic E-state index is 11.8. The average Bonchev–Trinajstić information content (AvgIpc) is 2.41. The fraction of sp³-hybridized carbons (Fsp3) is 0.417. The lowest BCUT2D eigenvalue weighted by atomic mass is 10.3. The Morgan fingerprint density at radius 3 is 2.58 bits per heavy atom. The molecule has 1 aliphatic rings. The molecule has 1 saturated heterocycles. The van der Waals surface area contributed by atoms with E-state index in [1.165, 1.54) is 0 Å². The molecule has 1 aliphatic heterocycles. The van der Waals surface area contributed by atoms with E-state index >= 15 is 0 Å². The first kappa shape index (κ1) is 16.4. The summed E-state index contributed by atoms with van der Waals surface area (Å²) in [5.74, 6) is 0.537. The highest BCUT2D eigenvalue weighted by molar-refractivity contribution is 6.42. The van der Waals surface area contributed by atoms with Crippen molar-refractivity contribution in [1.82, 2.24) is 10.2 Å². The predicted molar refractivity (Wildman–Crippen MR) is 78.7 cm³/mol. The van der Waals surface area contributed by atoms with Crippen LogP contribution in [0.4, 0.5) is 0 Å². The standard InChI is InChI=1S/C12H14Cl2N2O2.ClH/c13-10-2-1-9(7-11(10)14)18-8-12(17)16-5-3-15-4-6-16;/h1-2,7,15H,3-6,8H2;1H. The van der Waals surface area contributed by atoms with Crippen molar-refractivity contribution >= 4 is 41.5 Å². The van der Waals surface area contributed by atoms with Gasteiger partial charge in [0.05, 0.1) is 10.0 Å². The monoisotopic (exact) mass is 324 g/mol. The van der Waals surface area contributed by atoms with E-state index in [0.717, 1.165) is 26.2 Å². The van der Waals surface area contributed by atoms with Gasteiger partial charge >= 0.3 is 0 Å². The number of hydrogen-bond donors (Lipinski definition) is 1. The van der Waals surface area contributed by atoms with E-state index in [2.05, 4.69) is 5.32 Å². The fourth-order valence-corrected chi connectivity index (χ4v) is 2.01. The number of nitrogens with zero attached hydrogens (tertiary/aromatic N) is 1. The number of halogens is 3. The van der Waals surface area contributed by atoms with Gasteiger partial charge in [-0.1, -0.05) is 23.2 Å². The zero-order chi connectivity index (χ0) is 13.0. The summed E-state index contributed by atoms with van der Waals surface area (Å²) in [5, 5.41) is 4.08. The summed E-state index contributed by atoms with van der Waals surface area (Å²) in [7, 11) is 0. The molecule has 1 N–H and O–H groups in total. The SMILES string of the molecule is Cl.O=C(COc1ccc(Cl)c(Cl)c1)N1CCNCC1. The summed E-state index contributed by atoms with van der Waals surface area (Å²) in [4.78, 5) is 13.6. The molecule has 1 aromatic carbocycles. The van der Waals surface area contributed by atoms with Gasteiger partial charge in [0.25, 0.3) is 5.91 Å². The molecule has 2 rings (SSSR count). The second kappa shape index (κ2) is 7.80. The third-order valence-corrected chi connectivity index (χ3v) is 3.46. The molecule has 0 aliphatic carbocycles. The maximum absolute atomic E-state index is 11.8. The molecule has 1 amide bonds. The Morgan fingerprint density at radius 2 is 1.95 bits per heavy atom. The van der Waals surface area contributed by atoms with Crippen LogP contribution in [0.2, 0.25) is 10.0 Å². The van der Waals surface area contributed by atoms with Gasteiger partial charge in [-0.3, -0.25) is 4.79 Å². The van der Waals surface area contributed by atoms with Crippen molar-refractivity contribution in [2.24, 2.45) is 0 Å². The van der Waals surface area contributed by atoms with Crippen LogP contribution in [0.1, 0.15) is 0 Å². The molecule has 1 heterocycles. The molecule has 0 unspecified atom stereocenters. The van der Waals surface area contributed by atoms with Gasteiger partial charge in [0.1, 0.15) is 5.75 Å². The number of amides is 1. The van der Waals surface area contributed by atoms with Gasteiger partial charge in [0, 0.05) is 32.2 Å². The lowest BCUT2D eigenvalue weighted by Gasteiger charge is -2.27. The Morgan fingerprint density at radius 1 is 1.26 bits per heavy atom. The Balaban J connectivity index is 0.00000180. The van der Waals surface area contributed by atoms with Gasteiger partial charge in [0.2, 0.25) is 0 Å². The zero-order valence-electron chi connectivity index (χ0n) is 10.2. The minimum Gasteiger partial charge on any atom is -0.484 e. The third kappa shape index (κ3) is 4.73. The normalized spacial score (nSPS) is 14.7. The molecule has 0 spiro atoms. The van der Waals surface area contributed by atoms with E-state index in [1.54, 1.807) is 23.1 Å². The summed E-state index contributed by atoms with van der Waals surface area (Å²) >= 11 is 11.7. The van der Waals surface area contributed by atoms with Crippen molar-refractivity contribution in [2.45, 2.75) is 0 Å². The van der Waals surface area contributed by atoms with Gasteiger partial charge in [0.15, 0.2) is 6.61 Å². The maximum Gasteiger partial charge on any atom is 0.260 e. The topological polar surface area (TPSA) is 41.6 Å². The molecule has 7 heteroatoms.